The number of hydrogen-bond acceptors (Lipinski definition) is 3. The van der Waals surface area contributed by atoms with Gasteiger partial charge in [-0.05, 0) is 34.1 Å². The quantitative estimate of drug-likeness (QED) is 0.793. The molecule has 2 aliphatic heterocycles. The van der Waals surface area contributed by atoms with E-state index in [0.717, 1.165) is 26.2 Å². The van der Waals surface area contributed by atoms with Crippen molar-refractivity contribution in [1.82, 2.24) is 14.7 Å². The van der Waals surface area contributed by atoms with Crippen LogP contribution < -0.4 is 0 Å². The van der Waals surface area contributed by atoms with Gasteiger partial charge in [0.25, 0.3) is 0 Å². The molecule has 0 radical (unpaired) electrons. The van der Waals surface area contributed by atoms with Gasteiger partial charge in [-0.1, -0.05) is 0 Å². The molecule has 2 heterocycles. The van der Waals surface area contributed by atoms with Crippen molar-refractivity contribution in [1.29, 1.82) is 0 Å². The third-order valence-electron chi connectivity index (χ3n) is 4.82. The topological polar surface area (TPSA) is 64.1 Å². The second kappa shape index (κ2) is 5.83. The molecule has 1 N–H and O–H groups in total. The number of piperazine rings is 1. The minimum Gasteiger partial charge on any atom is -0.481 e. The molecule has 6 heteroatoms. The fourth-order valence-electron chi connectivity index (χ4n) is 3.29. The zero-order chi connectivity index (χ0) is 15.8. The van der Waals surface area contributed by atoms with Crippen LogP contribution in [-0.2, 0) is 4.79 Å². The number of carboxylic acid groups (broad SMARTS) is 1. The summed E-state index contributed by atoms with van der Waals surface area (Å²) in [6.07, 6.45) is 0.560. The second-order valence-corrected chi connectivity index (χ2v) is 7.09. The Morgan fingerprint density at radius 1 is 1.05 bits per heavy atom. The van der Waals surface area contributed by atoms with Gasteiger partial charge in [-0.2, -0.15) is 0 Å². The Kier molecular flexibility index (Phi) is 4.46. The predicted molar refractivity (Wildman–Crippen MR) is 80.2 cm³/mol. The molecule has 2 atom stereocenters. The van der Waals surface area contributed by atoms with Gasteiger partial charge < -0.3 is 14.9 Å². The lowest BCUT2D eigenvalue weighted by molar-refractivity contribution is -0.142. The molecular formula is C15H27N3O3. The van der Waals surface area contributed by atoms with Crippen molar-refractivity contribution in [3.8, 4) is 0 Å². The van der Waals surface area contributed by atoms with E-state index in [9.17, 15) is 9.59 Å². The number of likely N-dealkylation sites (tertiary alicyclic amines) is 1. The van der Waals surface area contributed by atoms with Gasteiger partial charge >= 0.3 is 12.0 Å². The van der Waals surface area contributed by atoms with E-state index in [-0.39, 0.29) is 17.6 Å². The lowest BCUT2D eigenvalue weighted by Gasteiger charge is -2.43. The molecule has 2 amide bonds. The summed E-state index contributed by atoms with van der Waals surface area (Å²) in [7, 11) is 0. The van der Waals surface area contributed by atoms with E-state index in [1.165, 1.54) is 0 Å². The van der Waals surface area contributed by atoms with Gasteiger partial charge in [0.1, 0.15) is 0 Å². The Morgan fingerprint density at radius 2 is 1.62 bits per heavy atom. The summed E-state index contributed by atoms with van der Waals surface area (Å²) in [6.45, 7) is 12.1. The first-order valence-electron chi connectivity index (χ1n) is 7.75. The number of aliphatic carboxylic acids is 1. The molecule has 21 heavy (non-hydrogen) atoms. The molecule has 0 aliphatic carbocycles. The van der Waals surface area contributed by atoms with Crippen molar-refractivity contribution < 1.29 is 14.7 Å². The van der Waals surface area contributed by atoms with E-state index in [1.54, 1.807) is 4.90 Å². The minimum atomic E-state index is -0.796. The average Bonchev–Trinajstić information content (AvgIpc) is 2.79. The van der Waals surface area contributed by atoms with Crippen LogP contribution in [-0.4, -0.2) is 76.1 Å². The maximum atomic E-state index is 12.6. The van der Waals surface area contributed by atoms with Gasteiger partial charge in [0.15, 0.2) is 0 Å². The molecule has 2 rings (SSSR count). The standard InChI is InChI=1S/C15H27N3O3/c1-11-12(13(19)20)5-6-18(11)14(21)16-7-9-17(10-8-16)15(2,3)4/h11-12H,5-10H2,1-4H3,(H,19,20). The van der Waals surface area contributed by atoms with E-state index in [1.807, 2.05) is 11.8 Å². The fourth-order valence-corrected chi connectivity index (χ4v) is 3.29. The molecule has 120 valence electrons. The van der Waals surface area contributed by atoms with Crippen LogP contribution in [0, 0.1) is 5.92 Å². The van der Waals surface area contributed by atoms with Crippen molar-refractivity contribution in [2.24, 2.45) is 5.92 Å². The summed E-state index contributed by atoms with van der Waals surface area (Å²) in [4.78, 5) is 29.7. The Morgan fingerprint density at radius 3 is 2.05 bits per heavy atom. The van der Waals surface area contributed by atoms with E-state index in [4.69, 9.17) is 5.11 Å². The highest BCUT2D eigenvalue weighted by Gasteiger charge is 2.40. The number of rotatable bonds is 1. The number of carbonyl (C=O) groups is 2. The van der Waals surface area contributed by atoms with Crippen LogP contribution in [0.5, 0.6) is 0 Å². The van der Waals surface area contributed by atoms with Crippen molar-refractivity contribution in [3.05, 3.63) is 0 Å². The first kappa shape index (κ1) is 16.1. The summed E-state index contributed by atoms with van der Waals surface area (Å²) < 4.78 is 0. The molecule has 6 nitrogen and oxygen atoms in total. The Bertz CT molecular complexity index is 411. The molecule has 2 fully saturated rings. The number of carboxylic acids is 1. The fraction of sp³-hybridized carbons (Fsp3) is 0.867. The number of hydrogen-bond donors (Lipinski definition) is 1. The van der Waals surface area contributed by atoms with E-state index in [2.05, 4.69) is 25.7 Å². The summed E-state index contributed by atoms with van der Waals surface area (Å²) in [5.74, 6) is -1.22. The Hall–Kier alpha value is -1.30. The largest absolute Gasteiger partial charge is 0.481 e. The molecule has 0 aromatic rings. The highest BCUT2D eigenvalue weighted by molar-refractivity contribution is 5.78. The second-order valence-electron chi connectivity index (χ2n) is 7.09. The Labute approximate surface area is 126 Å². The van der Waals surface area contributed by atoms with Gasteiger partial charge in [0.05, 0.1) is 5.92 Å². The summed E-state index contributed by atoms with van der Waals surface area (Å²) >= 11 is 0. The van der Waals surface area contributed by atoms with Crippen molar-refractivity contribution in [2.45, 2.75) is 45.7 Å². The lowest BCUT2D eigenvalue weighted by Crippen LogP contribution is -2.57. The molecular weight excluding hydrogens is 270 g/mol. The smallest absolute Gasteiger partial charge is 0.320 e. The molecule has 0 bridgehead atoms. The van der Waals surface area contributed by atoms with Gasteiger partial charge in [-0.3, -0.25) is 9.69 Å². The van der Waals surface area contributed by atoms with Crippen LogP contribution in [0.3, 0.4) is 0 Å². The number of carbonyl (C=O) groups excluding carboxylic acids is 1. The maximum absolute atomic E-state index is 12.6. The van der Waals surface area contributed by atoms with E-state index >= 15 is 0 Å². The first-order valence-corrected chi connectivity index (χ1v) is 7.75. The van der Waals surface area contributed by atoms with Crippen LogP contribution in [0.1, 0.15) is 34.1 Å². The minimum absolute atomic E-state index is 0.000177. The number of nitrogens with zero attached hydrogens (tertiary/aromatic N) is 3. The normalized spacial score (nSPS) is 28.0. The first-order chi connectivity index (χ1) is 9.71. The van der Waals surface area contributed by atoms with Crippen LogP contribution >= 0.6 is 0 Å². The zero-order valence-electron chi connectivity index (χ0n) is 13.5. The van der Waals surface area contributed by atoms with Gasteiger partial charge in [0.2, 0.25) is 0 Å². The predicted octanol–water partition coefficient (Wildman–Crippen LogP) is 1.32. The highest BCUT2D eigenvalue weighted by atomic mass is 16.4. The molecule has 0 aromatic heterocycles. The van der Waals surface area contributed by atoms with Gasteiger partial charge in [0, 0.05) is 44.3 Å². The summed E-state index contributed by atoms with van der Waals surface area (Å²) in [5.41, 5.74) is 0.129. The monoisotopic (exact) mass is 297 g/mol. The van der Waals surface area contributed by atoms with Crippen molar-refractivity contribution in [2.75, 3.05) is 32.7 Å². The Balaban J connectivity index is 1.92. The van der Waals surface area contributed by atoms with Crippen LogP contribution in [0.15, 0.2) is 0 Å². The summed E-state index contributed by atoms with van der Waals surface area (Å²) in [5, 5.41) is 9.16. The van der Waals surface area contributed by atoms with Crippen molar-refractivity contribution in [3.63, 3.8) is 0 Å². The summed E-state index contributed by atoms with van der Waals surface area (Å²) in [6, 6.07) is -0.213. The van der Waals surface area contributed by atoms with Crippen molar-refractivity contribution >= 4 is 12.0 Å². The molecule has 0 spiro atoms. The third kappa shape index (κ3) is 3.31. The van der Waals surface area contributed by atoms with E-state index < -0.39 is 11.9 Å². The maximum Gasteiger partial charge on any atom is 0.320 e. The van der Waals surface area contributed by atoms with E-state index in [0.29, 0.717) is 13.0 Å². The molecule has 2 aliphatic rings. The van der Waals surface area contributed by atoms with Gasteiger partial charge in [-0.25, -0.2) is 4.79 Å². The lowest BCUT2D eigenvalue weighted by atomic mass is 10.0. The number of urea groups is 1. The third-order valence-corrected chi connectivity index (χ3v) is 4.82. The number of amides is 2. The SMILES string of the molecule is CC1C(C(=O)O)CCN1C(=O)N1CCN(C(C)(C)C)CC1. The molecule has 0 saturated carbocycles. The molecule has 2 saturated heterocycles. The van der Waals surface area contributed by atoms with Gasteiger partial charge in [-0.15, -0.1) is 0 Å². The zero-order valence-corrected chi connectivity index (χ0v) is 13.5. The molecule has 0 aromatic carbocycles. The van der Waals surface area contributed by atoms with Crippen LogP contribution in [0.4, 0.5) is 4.79 Å². The average molecular weight is 297 g/mol. The van der Waals surface area contributed by atoms with Crippen LogP contribution in [0.2, 0.25) is 0 Å². The molecule has 2 unspecified atom stereocenters. The van der Waals surface area contributed by atoms with Crippen LogP contribution in [0.25, 0.3) is 0 Å². The highest BCUT2D eigenvalue weighted by Crippen LogP contribution is 2.26.